The van der Waals surface area contributed by atoms with Gasteiger partial charge < -0.3 is 13.7 Å². The van der Waals surface area contributed by atoms with Gasteiger partial charge in [-0.15, -0.1) is 0 Å². The normalized spacial score (nSPS) is 14.7. The van der Waals surface area contributed by atoms with E-state index >= 15 is 0 Å². The van der Waals surface area contributed by atoms with Gasteiger partial charge in [0.15, 0.2) is 11.4 Å². The van der Waals surface area contributed by atoms with Crippen molar-refractivity contribution in [2.24, 2.45) is 5.92 Å². The predicted molar refractivity (Wildman–Crippen MR) is 134 cm³/mol. The van der Waals surface area contributed by atoms with E-state index in [1.54, 1.807) is 29.0 Å². The molecule has 1 amide bonds. The highest BCUT2D eigenvalue weighted by Crippen LogP contribution is 2.24. The molecule has 0 radical (unpaired) electrons. The first-order valence-corrected chi connectivity index (χ1v) is 12.0. The third-order valence-corrected chi connectivity index (χ3v) is 6.95. The maximum atomic E-state index is 13.1. The van der Waals surface area contributed by atoms with Gasteiger partial charge in [0.1, 0.15) is 11.3 Å². The fourth-order valence-electron chi connectivity index (χ4n) is 5.11. The second-order valence-corrected chi connectivity index (χ2v) is 9.19. The number of benzene rings is 1. The number of likely N-dealkylation sites (tertiary alicyclic amines) is 1. The van der Waals surface area contributed by atoms with Crippen LogP contribution in [0.3, 0.4) is 0 Å². The zero-order chi connectivity index (χ0) is 23.8. The minimum Gasteiger partial charge on any atom is -0.454 e. The van der Waals surface area contributed by atoms with Crippen LogP contribution in [0.5, 0.6) is 0 Å². The number of carbonyl (C=O) groups is 1. The van der Waals surface area contributed by atoms with E-state index in [0.29, 0.717) is 28.6 Å². The van der Waals surface area contributed by atoms with Crippen molar-refractivity contribution in [3.05, 3.63) is 107 Å². The smallest absolute Gasteiger partial charge is 0.289 e. The number of nitrogens with zero attached hydrogens (tertiary/aromatic N) is 4. The summed E-state index contributed by atoms with van der Waals surface area (Å²) in [7, 11) is 0. The largest absolute Gasteiger partial charge is 0.454 e. The number of hydrogen-bond donors (Lipinski definition) is 0. The van der Waals surface area contributed by atoms with Crippen LogP contribution < -0.4 is 5.56 Å². The second-order valence-electron chi connectivity index (χ2n) is 9.19. The third-order valence-electron chi connectivity index (χ3n) is 6.95. The summed E-state index contributed by atoms with van der Waals surface area (Å²) in [5.74, 6) is 1.37. The molecule has 4 aromatic heterocycles. The highest BCUT2D eigenvalue weighted by Gasteiger charge is 2.26. The van der Waals surface area contributed by atoms with Crippen molar-refractivity contribution in [3.8, 4) is 0 Å². The Balaban J connectivity index is 1.18. The van der Waals surface area contributed by atoms with Crippen LogP contribution in [0.4, 0.5) is 0 Å². The summed E-state index contributed by atoms with van der Waals surface area (Å²) in [4.78, 5) is 32.6. The summed E-state index contributed by atoms with van der Waals surface area (Å²) < 4.78 is 9.39. The third kappa shape index (κ3) is 4.03. The van der Waals surface area contributed by atoms with Crippen LogP contribution in [-0.2, 0) is 13.0 Å². The molecule has 0 bridgehead atoms. The van der Waals surface area contributed by atoms with Gasteiger partial charge in [-0.1, -0.05) is 30.3 Å². The molecule has 1 fully saturated rings. The summed E-state index contributed by atoms with van der Waals surface area (Å²) >= 11 is 0. The van der Waals surface area contributed by atoms with E-state index < -0.39 is 0 Å². The molecule has 6 rings (SSSR count). The molecule has 1 saturated heterocycles. The average Bonchev–Trinajstić information content (AvgIpc) is 3.58. The molecule has 176 valence electrons. The first-order valence-electron chi connectivity index (χ1n) is 12.0. The minimum atomic E-state index is -0.147. The minimum absolute atomic E-state index is 0.0909. The lowest BCUT2D eigenvalue weighted by Crippen LogP contribution is -2.38. The van der Waals surface area contributed by atoms with Crippen LogP contribution >= 0.6 is 0 Å². The lowest BCUT2D eigenvalue weighted by molar-refractivity contribution is 0.0656. The van der Waals surface area contributed by atoms with Crippen molar-refractivity contribution < 1.29 is 9.21 Å². The van der Waals surface area contributed by atoms with Crippen molar-refractivity contribution in [2.45, 2.75) is 25.8 Å². The zero-order valence-electron chi connectivity index (χ0n) is 19.3. The lowest BCUT2D eigenvalue weighted by atomic mass is 9.90. The van der Waals surface area contributed by atoms with Crippen LogP contribution in [0, 0.1) is 5.92 Å². The molecule has 0 spiro atoms. The first-order chi connectivity index (χ1) is 17.2. The highest BCUT2D eigenvalue weighted by molar-refractivity contribution is 5.91. The van der Waals surface area contributed by atoms with E-state index in [1.165, 1.54) is 5.56 Å². The maximum absolute atomic E-state index is 13.1. The molecule has 0 unspecified atom stereocenters. The van der Waals surface area contributed by atoms with E-state index in [-0.39, 0.29) is 18.0 Å². The quantitative estimate of drug-likeness (QED) is 0.385. The molecule has 35 heavy (non-hydrogen) atoms. The number of pyridine rings is 1. The van der Waals surface area contributed by atoms with E-state index in [0.717, 1.165) is 37.9 Å². The molecule has 1 aliphatic rings. The molecule has 0 atom stereocenters. The number of amides is 1. The van der Waals surface area contributed by atoms with Gasteiger partial charge in [-0.3, -0.25) is 14.2 Å². The molecule has 0 aliphatic carbocycles. The summed E-state index contributed by atoms with van der Waals surface area (Å²) in [6.45, 7) is 1.66. The maximum Gasteiger partial charge on any atom is 0.289 e. The number of furan rings is 1. The molecule has 7 nitrogen and oxygen atoms in total. The van der Waals surface area contributed by atoms with E-state index in [2.05, 4.69) is 29.2 Å². The summed E-state index contributed by atoms with van der Waals surface area (Å²) in [5, 5.41) is 0. The summed E-state index contributed by atoms with van der Waals surface area (Å²) in [6, 6.07) is 21.4. The molecule has 0 saturated carbocycles. The Morgan fingerprint density at radius 3 is 2.57 bits per heavy atom. The second kappa shape index (κ2) is 8.91. The van der Waals surface area contributed by atoms with Gasteiger partial charge in [-0.2, -0.15) is 0 Å². The van der Waals surface area contributed by atoms with Crippen molar-refractivity contribution in [3.63, 3.8) is 0 Å². The Kier molecular flexibility index (Phi) is 5.45. The van der Waals surface area contributed by atoms with Crippen LogP contribution in [-0.4, -0.2) is 37.8 Å². The Labute approximate surface area is 202 Å². The van der Waals surface area contributed by atoms with Crippen molar-refractivity contribution in [1.29, 1.82) is 0 Å². The highest BCUT2D eigenvalue weighted by atomic mass is 16.4. The molecular weight excluding hydrogens is 440 g/mol. The molecule has 0 N–H and O–H groups in total. The van der Waals surface area contributed by atoms with E-state index in [1.807, 2.05) is 39.8 Å². The Morgan fingerprint density at radius 2 is 1.74 bits per heavy atom. The number of aromatic nitrogens is 3. The van der Waals surface area contributed by atoms with Gasteiger partial charge in [-0.25, -0.2) is 4.98 Å². The van der Waals surface area contributed by atoms with E-state index in [9.17, 15) is 9.59 Å². The van der Waals surface area contributed by atoms with Crippen LogP contribution in [0.15, 0.2) is 88.3 Å². The molecule has 5 heterocycles. The fourth-order valence-corrected chi connectivity index (χ4v) is 5.11. The van der Waals surface area contributed by atoms with Gasteiger partial charge in [0.25, 0.3) is 11.5 Å². The fraction of sp³-hybridized carbons (Fsp3) is 0.250. The SMILES string of the molecule is O=C(c1ccc(Cn2c(=O)c3cccn3c3cccnc32)o1)N1CCC(Cc2ccccc2)CC1. The Hall–Kier alpha value is -4.13. The Morgan fingerprint density at radius 1 is 0.943 bits per heavy atom. The standard InChI is InChI=1S/C28H26N4O3/c33-27-24-9-5-15-31(24)23-8-4-14-29-26(23)32(27)19-22-10-11-25(35-22)28(34)30-16-12-21(13-17-30)18-20-6-2-1-3-7-20/h1-11,14-15,21H,12-13,16-19H2. The van der Waals surface area contributed by atoms with Gasteiger partial charge in [0.05, 0.1) is 12.1 Å². The average molecular weight is 467 g/mol. The predicted octanol–water partition coefficient (Wildman–Crippen LogP) is 4.39. The zero-order valence-corrected chi connectivity index (χ0v) is 19.3. The number of fused-ring (bicyclic) bond motifs is 3. The van der Waals surface area contributed by atoms with Crippen LogP contribution in [0.25, 0.3) is 16.7 Å². The van der Waals surface area contributed by atoms with Crippen LogP contribution in [0.2, 0.25) is 0 Å². The number of hydrogen-bond acceptors (Lipinski definition) is 4. The Bertz CT molecular complexity index is 1560. The van der Waals surface area contributed by atoms with Crippen molar-refractivity contribution >= 4 is 22.6 Å². The molecular formula is C28H26N4O3. The summed E-state index contributed by atoms with van der Waals surface area (Å²) in [5.41, 5.74) is 3.19. The van der Waals surface area contributed by atoms with Crippen molar-refractivity contribution in [2.75, 3.05) is 13.1 Å². The van der Waals surface area contributed by atoms with Gasteiger partial charge in [0.2, 0.25) is 0 Å². The van der Waals surface area contributed by atoms with Gasteiger partial charge in [0, 0.05) is 25.5 Å². The molecule has 5 aromatic rings. The van der Waals surface area contributed by atoms with Crippen LogP contribution in [0.1, 0.15) is 34.7 Å². The number of piperidine rings is 1. The van der Waals surface area contributed by atoms with Gasteiger partial charge in [-0.05, 0) is 67.1 Å². The lowest BCUT2D eigenvalue weighted by Gasteiger charge is -2.31. The monoisotopic (exact) mass is 466 g/mol. The van der Waals surface area contributed by atoms with Crippen molar-refractivity contribution in [1.82, 2.24) is 18.9 Å². The van der Waals surface area contributed by atoms with Gasteiger partial charge >= 0.3 is 0 Å². The molecule has 1 aliphatic heterocycles. The molecule has 1 aromatic carbocycles. The molecule has 7 heteroatoms. The topological polar surface area (TPSA) is 72.8 Å². The number of carbonyl (C=O) groups excluding carboxylic acids is 1. The first kappa shape index (κ1) is 21.4. The number of rotatable bonds is 5. The summed E-state index contributed by atoms with van der Waals surface area (Å²) in [6.07, 6.45) is 6.55. The van der Waals surface area contributed by atoms with E-state index in [4.69, 9.17) is 4.42 Å².